The van der Waals surface area contributed by atoms with Gasteiger partial charge in [0.25, 0.3) is 0 Å². The number of rotatable bonds is 4. The highest BCUT2D eigenvalue weighted by molar-refractivity contribution is 7.89. The second-order valence-corrected chi connectivity index (χ2v) is 6.43. The largest absolute Gasteiger partial charge is 0.377 e. The normalized spacial score (nSPS) is 12.9. The van der Waals surface area contributed by atoms with E-state index in [1.54, 1.807) is 18.2 Å². The predicted molar refractivity (Wildman–Crippen MR) is 81.3 cm³/mol. The highest BCUT2D eigenvalue weighted by Gasteiger charge is 2.10. The van der Waals surface area contributed by atoms with Crippen LogP contribution in [-0.4, -0.2) is 8.42 Å². The van der Waals surface area contributed by atoms with Crippen molar-refractivity contribution in [2.45, 2.75) is 17.9 Å². The monoisotopic (exact) mass is 310 g/mol. The van der Waals surface area contributed by atoms with E-state index in [1.807, 2.05) is 25.1 Å². The summed E-state index contributed by atoms with van der Waals surface area (Å²) in [6.45, 7) is 1.97. The number of hydrogen-bond donors (Lipinski definition) is 2. The van der Waals surface area contributed by atoms with Crippen molar-refractivity contribution in [3.8, 4) is 0 Å². The summed E-state index contributed by atoms with van der Waals surface area (Å²) in [6, 6.07) is 13.9. The Morgan fingerprint density at radius 2 is 1.70 bits per heavy atom. The average molecular weight is 311 g/mol. The Labute approximate surface area is 123 Å². The van der Waals surface area contributed by atoms with E-state index in [1.165, 1.54) is 12.1 Å². The van der Waals surface area contributed by atoms with E-state index in [4.69, 9.17) is 16.7 Å². The lowest BCUT2D eigenvalue weighted by molar-refractivity contribution is 0.597. The highest BCUT2D eigenvalue weighted by Crippen LogP contribution is 2.26. The van der Waals surface area contributed by atoms with Crippen LogP contribution in [0, 0.1) is 0 Å². The molecule has 2 rings (SSSR count). The molecule has 0 radical (unpaired) electrons. The molecule has 0 saturated heterocycles. The van der Waals surface area contributed by atoms with Gasteiger partial charge >= 0.3 is 0 Å². The quantitative estimate of drug-likeness (QED) is 0.911. The van der Waals surface area contributed by atoms with E-state index in [2.05, 4.69) is 5.32 Å². The Hall–Kier alpha value is -1.56. The van der Waals surface area contributed by atoms with Gasteiger partial charge in [0.1, 0.15) is 0 Å². The number of benzene rings is 2. The van der Waals surface area contributed by atoms with E-state index in [0.717, 1.165) is 11.3 Å². The summed E-state index contributed by atoms with van der Waals surface area (Å²) < 4.78 is 22.4. The predicted octanol–water partition coefficient (Wildman–Crippen LogP) is 3.16. The van der Waals surface area contributed by atoms with Crippen LogP contribution in [0.25, 0.3) is 0 Å². The molecule has 2 aromatic carbocycles. The SMILES string of the molecule is CC(Nc1ccccc1Cl)c1ccc(S(N)(=O)=O)cc1. The second-order valence-electron chi connectivity index (χ2n) is 4.46. The van der Waals surface area contributed by atoms with E-state index < -0.39 is 10.0 Å². The minimum Gasteiger partial charge on any atom is -0.377 e. The van der Waals surface area contributed by atoms with Gasteiger partial charge < -0.3 is 5.32 Å². The molecule has 0 aromatic heterocycles. The topological polar surface area (TPSA) is 72.2 Å². The van der Waals surface area contributed by atoms with Crippen LogP contribution in [0.5, 0.6) is 0 Å². The molecule has 0 aliphatic heterocycles. The molecule has 1 atom stereocenters. The molecule has 0 saturated carbocycles. The van der Waals surface area contributed by atoms with E-state index in [0.29, 0.717) is 5.02 Å². The molecule has 1 unspecified atom stereocenters. The van der Waals surface area contributed by atoms with Crippen LogP contribution in [0.15, 0.2) is 53.4 Å². The van der Waals surface area contributed by atoms with Gasteiger partial charge in [-0.25, -0.2) is 13.6 Å². The number of para-hydroxylation sites is 1. The van der Waals surface area contributed by atoms with E-state index in [9.17, 15) is 8.42 Å². The fourth-order valence-corrected chi connectivity index (χ4v) is 2.55. The first-order chi connectivity index (χ1) is 9.38. The molecule has 0 fully saturated rings. The molecule has 0 bridgehead atoms. The first kappa shape index (κ1) is 14.8. The summed E-state index contributed by atoms with van der Waals surface area (Å²) in [7, 11) is -3.65. The molecule has 4 nitrogen and oxygen atoms in total. The summed E-state index contributed by atoms with van der Waals surface area (Å²) in [6.07, 6.45) is 0. The zero-order valence-electron chi connectivity index (χ0n) is 10.9. The number of nitrogens with one attached hydrogen (secondary N) is 1. The molecular formula is C14H15ClN2O2S. The number of halogens is 1. The van der Waals surface area contributed by atoms with Crippen molar-refractivity contribution in [1.29, 1.82) is 0 Å². The van der Waals surface area contributed by atoms with Crippen molar-refractivity contribution in [2.75, 3.05) is 5.32 Å². The summed E-state index contributed by atoms with van der Waals surface area (Å²) in [4.78, 5) is 0.103. The van der Waals surface area contributed by atoms with Gasteiger partial charge in [-0.3, -0.25) is 0 Å². The lowest BCUT2D eigenvalue weighted by Gasteiger charge is -2.17. The van der Waals surface area contributed by atoms with Crippen LogP contribution in [0.1, 0.15) is 18.5 Å². The van der Waals surface area contributed by atoms with Gasteiger partial charge in [0.2, 0.25) is 10.0 Å². The summed E-state index contributed by atoms with van der Waals surface area (Å²) in [5, 5.41) is 8.98. The third-order valence-electron chi connectivity index (χ3n) is 2.95. The summed E-state index contributed by atoms with van der Waals surface area (Å²) in [5.41, 5.74) is 1.77. The fraction of sp³-hybridized carbons (Fsp3) is 0.143. The van der Waals surface area contributed by atoms with Crippen molar-refractivity contribution in [3.63, 3.8) is 0 Å². The summed E-state index contributed by atoms with van der Waals surface area (Å²) >= 11 is 6.08. The second kappa shape index (κ2) is 5.83. The first-order valence-electron chi connectivity index (χ1n) is 6.02. The molecule has 20 heavy (non-hydrogen) atoms. The van der Waals surface area contributed by atoms with Gasteiger partial charge in [-0.1, -0.05) is 35.9 Å². The van der Waals surface area contributed by atoms with Crippen LogP contribution < -0.4 is 10.5 Å². The standard InChI is InChI=1S/C14H15ClN2O2S/c1-10(17-14-5-3-2-4-13(14)15)11-6-8-12(9-7-11)20(16,18)19/h2-10,17H,1H3,(H2,16,18,19). The van der Waals surface area contributed by atoms with Crippen LogP contribution >= 0.6 is 11.6 Å². The van der Waals surface area contributed by atoms with Crippen LogP contribution in [0.3, 0.4) is 0 Å². The smallest absolute Gasteiger partial charge is 0.238 e. The number of primary sulfonamides is 1. The molecule has 3 N–H and O–H groups in total. The molecule has 106 valence electrons. The van der Waals surface area contributed by atoms with Gasteiger partial charge in [-0.15, -0.1) is 0 Å². The number of nitrogens with two attached hydrogens (primary N) is 1. The van der Waals surface area contributed by atoms with Crippen LogP contribution in [0.2, 0.25) is 5.02 Å². The highest BCUT2D eigenvalue weighted by atomic mass is 35.5. The van der Waals surface area contributed by atoms with Crippen molar-refractivity contribution >= 4 is 27.3 Å². The Morgan fingerprint density at radius 3 is 2.25 bits per heavy atom. The van der Waals surface area contributed by atoms with Gasteiger partial charge in [0.15, 0.2) is 0 Å². The zero-order valence-corrected chi connectivity index (χ0v) is 12.4. The third-order valence-corrected chi connectivity index (χ3v) is 4.21. The van der Waals surface area contributed by atoms with Gasteiger partial charge in [-0.05, 0) is 36.8 Å². The zero-order chi connectivity index (χ0) is 14.8. The minimum atomic E-state index is -3.65. The molecule has 0 aliphatic rings. The molecule has 0 amide bonds. The minimum absolute atomic E-state index is 0.00979. The number of anilines is 1. The van der Waals surface area contributed by atoms with Crippen LogP contribution in [-0.2, 0) is 10.0 Å². The molecule has 2 aromatic rings. The van der Waals surface area contributed by atoms with Gasteiger partial charge in [0.05, 0.1) is 15.6 Å². The first-order valence-corrected chi connectivity index (χ1v) is 7.94. The van der Waals surface area contributed by atoms with Gasteiger partial charge in [-0.2, -0.15) is 0 Å². The van der Waals surface area contributed by atoms with Gasteiger partial charge in [0, 0.05) is 6.04 Å². The Balaban J connectivity index is 2.18. The number of hydrogen-bond acceptors (Lipinski definition) is 3. The lowest BCUT2D eigenvalue weighted by atomic mass is 10.1. The molecule has 0 spiro atoms. The Kier molecular flexibility index (Phi) is 4.32. The van der Waals surface area contributed by atoms with E-state index in [-0.39, 0.29) is 10.9 Å². The maximum Gasteiger partial charge on any atom is 0.238 e. The lowest BCUT2D eigenvalue weighted by Crippen LogP contribution is -2.12. The number of sulfonamides is 1. The molecule has 6 heteroatoms. The third kappa shape index (κ3) is 3.50. The van der Waals surface area contributed by atoms with Crippen molar-refractivity contribution in [1.82, 2.24) is 0 Å². The summed E-state index contributed by atoms with van der Waals surface area (Å²) in [5.74, 6) is 0. The van der Waals surface area contributed by atoms with Crippen molar-refractivity contribution in [2.24, 2.45) is 5.14 Å². The van der Waals surface area contributed by atoms with Crippen LogP contribution in [0.4, 0.5) is 5.69 Å². The fourth-order valence-electron chi connectivity index (χ4n) is 1.84. The Morgan fingerprint density at radius 1 is 1.10 bits per heavy atom. The maximum atomic E-state index is 11.2. The molecule has 0 heterocycles. The maximum absolute atomic E-state index is 11.2. The van der Waals surface area contributed by atoms with Crippen molar-refractivity contribution in [3.05, 3.63) is 59.1 Å². The average Bonchev–Trinajstić information content (AvgIpc) is 2.40. The molecule has 0 aliphatic carbocycles. The van der Waals surface area contributed by atoms with Crippen molar-refractivity contribution < 1.29 is 8.42 Å². The van der Waals surface area contributed by atoms with E-state index >= 15 is 0 Å². The molecular weight excluding hydrogens is 296 g/mol. The Bertz CT molecular complexity index is 699.